The zero-order valence-electron chi connectivity index (χ0n) is 30.2. The highest BCUT2D eigenvalue weighted by atomic mass is 32.2. The lowest BCUT2D eigenvalue weighted by atomic mass is 9.80. The second-order valence-corrected chi connectivity index (χ2v) is 14.3. The molecule has 7 heteroatoms. The average Bonchev–Trinajstić information content (AvgIpc) is 3.23. The number of hydrogen-bond donors (Lipinski definition) is 0. The average molecular weight is 737 g/mol. The molecule has 6 nitrogen and oxygen atoms in total. The van der Waals surface area contributed by atoms with Crippen molar-refractivity contribution in [1.82, 2.24) is 0 Å². The first-order chi connectivity index (χ1) is 26.6. The van der Waals surface area contributed by atoms with Crippen molar-refractivity contribution in [3.05, 3.63) is 210 Å². The largest absolute Gasteiger partial charge is 0.457 e. The molecule has 5 atom stereocenters. The summed E-state index contributed by atoms with van der Waals surface area (Å²) in [4.78, 5) is 14.0. The molecule has 274 valence electrons. The Morgan fingerprint density at radius 3 is 1.41 bits per heavy atom. The van der Waals surface area contributed by atoms with Gasteiger partial charge in [-0.05, 0) is 39.9 Å². The standard InChI is InChI=1S/C47H44O6S/c1-35(48)52-43-42(34-51-47(38-24-12-4-13-25-38,39-26-14-5-15-27-39)40-28-16-6-17-29-40)53-46(54-41-30-18-7-19-31-41)45(50-33-37-22-10-3-11-23-37)44(43)49-32-36-20-8-2-9-21-36/h2-31,42-46H,32-34H2,1H3/t42-,43-,44+,45+,46-/m1/s1. The van der Waals surface area contributed by atoms with Crippen LogP contribution in [0.25, 0.3) is 0 Å². The minimum Gasteiger partial charge on any atom is -0.457 e. The first-order valence-corrected chi connectivity index (χ1v) is 19.1. The van der Waals surface area contributed by atoms with Gasteiger partial charge in [0, 0.05) is 11.8 Å². The number of benzene rings is 6. The second kappa shape index (κ2) is 18.3. The van der Waals surface area contributed by atoms with E-state index in [4.69, 9.17) is 23.7 Å². The lowest BCUT2D eigenvalue weighted by Crippen LogP contribution is -2.61. The van der Waals surface area contributed by atoms with E-state index >= 15 is 0 Å². The molecular formula is C47H44O6S. The van der Waals surface area contributed by atoms with Crippen LogP contribution < -0.4 is 0 Å². The minimum atomic E-state index is -1.02. The zero-order valence-corrected chi connectivity index (χ0v) is 31.0. The molecular weight excluding hydrogens is 693 g/mol. The van der Waals surface area contributed by atoms with Crippen molar-refractivity contribution in [3.63, 3.8) is 0 Å². The fourth-order valence-corrected chi connectivity index (χ4v) is 8.10. The van der Waals surface area contributed by atoms with Gasteiger partial charge in [-0.3, -0.25) is 4.79 Å². The maximum absolute atomic E-state index is 13.0. The van der Waals surface area contributed by atoms with Crippen LogP contribution >= 0.6 is 11.8 Å². The summed E-state index contributed by atoms with van der Waals surface area (Å²) >= 11 is 1.56. The van der Waals surface area contributed by atoms with Crippen LogP contribution in [0.4, 0.5) is 0 Å². The van der Waals surface area contributed by atoms with Crippen LogP contribution in [0.2, 0.25) is 0 Å². The highest BCUT2D eigenvalue weighted by molar-refractivity contribution is 7.99. The summed E-state index contributed by atoms with van der Waals surface area (Å²) in [5.41, 5.74) is 3.31. The number of carbonyl (C=O) groups is 1. The monoisotopic (exact) mass is 736 g/mol. The smallest absolute Gasteiger partial charge is 0.303 e. The highest BCUT2D eigenvalue weighted by Gasteiger charge is 2.51. The molecule has 0 amide bonds. The van der Waals surface area contributed by atoms with Gasteiger partial charge < -0.3 is 23.7 Å². The summed E-state index contributed by atoms with van der Waals surface area (Å²) in [7, 11) is 0. The Kier molecular flexibility index (Phi) is 12.7. The van der Waals surface area contributed by atoms with Crippen molar-refractivity contribution in [2.45, 2.75) is 60.5 Å². The molecule has 1 heterocycles. The van der Waals surface area contributed by atoms with E-state index < -0.39 is 41.4 Å². The lowest BCUT2D eigenvalue weighted by molar-refractivity contribution is -0.251. The summed E-state index contributed by atoms with van der Waals surface area (Å²) in [6.07, 6.45) is -2.93. The number of thioether (sulfide) groups is 1. The van der Waals surface area contributed by atoms with Crippen LogP contribution in [0, 0.1) is 0 Å². The Morgan fingerprint density at radius 1 is 0.556 bits per heavy atom. The minimum absolute atomic E-state index is 0.0685. The molecule has 6 aromatic rings. The van der Waals surface area contributed by atoms with Gasteiger partial charge in [-0.15, -0.1) is 0 Å². The molecule has 0 aliphatic carbocycles. The van der Waals surface area contributed by atoms with Gasteiger partial charge in [-0.25, -0.2) is 0 Å². The number of esters is 1. The van der Waals surface area contributed by atoms with Crippen LogP contribution in [0.5, 0.6) is 0 Å². The summed E-state index contributed by atoms with van der Waals surface area (Å²) < 4.78 is 34.1. The summed E-state index contributed by atoms with van der Waals surface area (Å²) in [6, 6.07) is 60.7. The van der Waals surface area contributed by atoms with Crippen LogP contribution in [0.3, 0.4) is 0 Å². The summed E-state index contributed by atoms with van der Waals surface area (Å²) in [5, 5.41) is 0. The second-order valence-electron chi connectivity index (χ2n) is 13.2. The number of rotatable bonds is 15. The van der Waals surface area contributed by atoms with Crippen LogP contribution in [-0.2, 0) is 47.3 Å². The van der Waals surface area contributed by atoms with Crippen molar-refractivity contribution in [2.75, 3.05) is 6.61 Å². The topological polar surface area (TPSA) is 63.2 Å². The molecule has 0 saturated carbocycles. The molecule has 1 fully saturated rings. The molecule has 6 aromatic carbocycles. The van der Waals surface area contributed by atoms with Crippen molar-refractivity contribution < 1.29 is 28.5 Å². The van der Waals surface area contributed by atoms with Crippen LogP contribution in [0.1, 0.15) is 34.7 Å². The van der Waals surface area contributed by atoms with Gasteiger partial charge in [-0.1, -0.05) is 182 Å². The SMILES string of the molecule is CC(=O)O[C@H]1[C@H](OCc2ccccc2)[C@H](OCc2ccccc2)[C@@H](Sc2ccccc2)O[C@@H]1COC(c1ccccc1)(c1ccccc1)c1ccccc1. The molecule has 0 spiro atoms. The van der Waals surface area contributed by atoms with E-state index in [-0.39, 0.29) is 13.2 Å². The molecule has 0 N–H and O–H groups in total. The Balaban J connectivity index is 1.30. The van der Waals surface area contributed by atoms with Crippen molar-refractivity contribution in [3.8, 4) is 0 Å². The normalized spacial score (nSPS) is 19.9. The first-order valence-electron chi connectivity index (χ1n) is 18.3. The Morgan fingerprint density at radius 2 is 0.963 bits per heavy atom. The van der Waals surface area contributed by atoms with Crippen molar-refractivity contribution in [2.24, 2.45) is 0 Å². The quantitative estimate of drug-likeness (QED) is 0.0769. The van der Waals surface area contributed by atoms with E-state index in [0.29, 0.717) is 6.61 Å². The Bertz CT molecular complexity index is 1900. The number of ether oxygens (including phenoxy) is 5. The van der Waals surface area contributed by atoms with Crippen molar-refractivity contribution in [1.29, 1.82) is 0 Å². The molecule has 7 rings (SSSR count). The van der Waals surface area contributed by atoms with Gasteiger partial charge in [-0.2, -0.15) is 0 Å². The third-order valence-electron chi connectivity index (χ3n) is 9.46. The molecule has 54 heavy (non-hydrogen) atoms. The summed E-state index contributed by atoms with van der Waals surface area (Å²) in [6.45, 7) is 2.09. The third-order valence-corrected chi connectivity index (χ3v) is 10.6. The molecule has 0 unspecified atom stereocenters. The van der Waals surface area contributed by atoms with Gasteiger partial charge >= 0.3 is 5.97 Å². The van der Waals surface area contributed by atoms with Crippen molar-refractivity contribution >= 4 is 17.7 Å². The third kappa shape index (κ3) is 9.01. The van der Waals surface area contributed by atoms with E-state index in [9.17, 15) is 4.79 Å². The molecule has 1 saturated heterocycles. The number of hydrogen-bond acceptors (Lipinski definition) is 7. The Hall–Kier alpha value is -5.02. The van der Waals surface area contributed by atoms with E-state index in [1.54, 1.807) is 11.8 Å². The lowest BCUT2D eigenvalue weighted by Gasteiger charge is -2.46. The van der Waals surface area contributed by atoms with Gasteiger partial charge in [0.15, 0.2) is 6.10 Å². The number of carbonyl (C=O) groups excluding carboxylic acids is 1. The molecule has 0 aromatic heterocycles. The molecule has 0 radical (unpaired) electrons. The molecule has 0 bridgehead atoms. The van der Waals surface area contributed by atoms with Gasteiger partial charge in [0.1, 0.15) is 29.3 Å². The van der Waals surface area contributed by atoms with Crippen LogP contribution in [-0.4, -0.2) is 42.4 Å². The highest BCUT2D eigenvalue weighted by Crippen LogP contribution is 2.43. The fourth-order valence-electron chi connectivity index (χ4n) is 6.95. The first kappa shape index (κ1) is 37.3. The van der Waals surface area contributed by atoms with E-state index in [0.717, 1.165) is 32.7 Å². The maximum atomic E-state index is 13.0. The van der Waals surface area contributed by atoms with E-state index in [1.807, 2.05) is 133 Å². The van der Waals surface area contributed by atoms with Gasteiger partial charge in [0.05, 0.1) is 19.8 Å². The van der Waals surface area contributed by atoms with Crippen LogP contribution in [0.15, 0.2) is 187 Å². The van der Waals surface area contributed by atoms with E-state index in [2.05, 4.69) is 48.5 Å². The van der Waals surface area contributed by atoms with Gasteiger partial charge in [0.2, 0.25) is 0 Å². The fraction of sp³-hybridized carbons (Fsp3) is 0.213. The van der Waals surface area contributed by atoms with Gasteiger partial charge in [0.25, 0.3) is 0 Å². The molecule has 1 aliphatic heterocycles. The summed E-state index contributed by atoms with van der Waals surface area (Å²) in [5.74, 6) is -0.446. The Labute approximate surface area is 322 Å². The predicted molar refractivity (Wildman–Crippen MR) is 212 cm³/mol. The van der Waals surface area contributed by atoms with E-state index in [1.165, 1.54) is 6.92 Å². The maximum Gasteiger partial charge on any atom is 0.303 e. The molecule has 1 aliphatic rings. The zero-order chi connectivity index (χ0) is 37.0. The predicted octanol–water partition coefficient (Wildman–Crippen LogP) is 9.61.